The minimum Gasteiger partial charge on any atom is -0.392 e. The average Bonchev–Trinajstić information content (AvgIpc) is 2.75. The van der Waals surface area contributed by atoms with Crippen LogP contribution in [0.3, 0.4) is 0 Å². The zero-order valence-electron chi connectivity index (χ0n) is 11.2. The van der Waals surface area contributed by atoms with Crippen molar-refractivity contribution in [1.82, 2.24) is 4.90 Å². The van der Waals surface area contributed by atoms with Crippen LogP contribution in [0.15, 0.2) is 29.2 Å². The summed E-state index contributed by atoms with van der Waals surface area (Å²) in [6.07, 6.45) is 1.17. The molecule has 0 radical (unpaired) electrons. The maximum Gasteiger partial charge on any atom is 0.178 e. The van der Waals surface area contributed by atoms with E-state index in [-0.39, 0.29) is 11.9 Å². The summed E-state index contributed by atoms with van der Waals surface area (Å²) in [5.74, 6) is 0.169. The molecular formula is C14H21NO3S. The Hall–Kier alpha value is -0.910. The summed E-state index contributed by atoms with van der Waals surface area (Å²) >= 11 is 0. The van der Waals surface area contributed by atoms with Crippen LogP contribution in [-0.2, 0) is 9.84 Å². The van der Waals surface area contributed by atoms with Gasteiger partial charge in [-0.2, -0.15) is 0 Å². The Balaban J connectivity index is 1.86. The van der Waals surface area contributed by atoms with Crippen LogP contribution >= 0.6 is 0 Å². The van der Waals surface area contributed by atoms with E-state index in [4.69, 9.17) is 0 Å². The Bertz CT molecular complexity index is 510. The number of aliphatic hydroxyl groups is 1. The molecule has 0 unspecified atom stereocenters. The molecule has 1 aliphatic rings. The van der Waals surface area contributed by atoms with Crippen LogP contribution in [0.5, 0.6) is 0 Å². The predicted molar refractivity (Wildman–Crippen MR) is 74.9 cm³/mol. The molecule has 1 aliphatic heterocycles. The van der Waals surface area contributed by atoms with Crippen molar-refractivity contribution in [3.05, 3.63) is 29.8 Å². The van der Waals surface area contributed by atoms with Crippen molar-refractivity contribution in [2.75, 3.05) is 25.4 Å². The number of rotatable bonds is 5. The second-order valence-electron chi connectivity index (χ2n) is 5.23. The van der Waals surface area contributed by atoms with Gasteiger partial charge >= 0.3 is 0 Å². The van der Waals surface area contributed by atoms with E-state index in [9.17, 15) is 13.5 Å². The first-order valence-electron chi connectivity index (χ1n) is 6.67. The van der Waals surface area contributed by atoms with Crippen molar-refractivity contribution in [2.45, 2.75) is 30.8 Å². The van der Waals surface area contributed by atoms with E-state index in [0.29, 0.717) is 17.9 Å². The summed E-state index contributed by atoms with van der Waals surface area (Å²) in [7, 11) is -3.17. The lowest BCUT2D eigenvalue weighted by Crippen LogP contribution is -2.24. The summed E-state index contributed by atoms with van der Waals surface area (Å²) in [4.78, 5) is 2.52. The fraction of sp³-hybridized carbons (Fsp3) is 0.571. The van der Waals surface area contributed by atoms with Crippen molar-refractivity contribution < 1.29 is 13.5 Å². The smallest absolute Gasteiger partial charge is 0.178 e. The number of hydrogen-bond acceptors (Lipinski definition) is 4. The second kappa shape index (κ2) is 6.03. The molecule has 0 spiro atoms. The van der Waals surface area contributed by atoms with Crippen molar-refractivity contribution in [3.8, 4) is 0 Å². The first kappa shape index (κ1) is 14.5. The number of β-amino-alcohol motifs (C(OH)–C–C–N with tert-alkyl or cyclic N) is 1. The number of benzene rings is 1. The van der Waals surface area contributed by atoms with Gasteiger partial charge in [0.1, 0.15) is 0 Å². The van der Waals surface area contributed by atoms with Gasteiger partial charge in [-0.3, -0.25) is 0 Å². The molecule has 1 N–H and O–H groups in total. The molecule has 2 rings (SSSR count). The van der Waals surface area contributed by atoms with Gasteiger partial charge in [-0.15, -0.1) is 0 Å². The van der Waals surface area contributed by atoms with E-state index >= 15 is 0 Å². The first-order chi connectivity index (χ1) is 8.97. The molecule has 19 heavy (non-hydrogen) atoms. The van der Waals surface area contributed by atoms with E-state index in [0.717, 1.165) is 25.1 Å². The molecule has 0 aliphatic carbocycles. The maximum atomic E-state index is 12.1. The normalized spacial score (nSPS) is 20.8. The molecule has 0 bridgehead atoms. The topological polar surface area (TPSA) is 57.6 Å². The number of aliphatic hydroxyl groups excluding tert-OH is 1. The fourth-order valence-corrected chi connectivity index (χ4v) is 3.65. The van der Waals surface area contributed by atoms with Crippen LogP contribution in [0.1, 0.15) is 18.4 Å². The molecule has 1 aromatic rings. The Morgan fingerprint density at radius 3 is 2.58 bits per heavy atom. The lowest BCUT2D eigenvalue weighted by Gasteiger charge is -2.14. The number of hydrogen-bond donors (Lipinski definition) is 1. The summed E-state index contributed by atoms with van der Waals surface area (Å²) in [5, 5.41) is 9.40. The Labute approximate surface area is 115 Å². The number of aryl methyl sites for hydroxylation is 1. The molecule has 1 heterocycles. The highest BCUT2D eigenvalue weighted by molar-refractivity contribution is 7.91. The van der Waals surface area contributed by atoms with Gasteiger partial charge in [0.2, 0.25) is 0 Å². The van der Waals surface area contributed by atoms with E-state index in [1.807, 2.05) is 19.1 Å². The molecule has 1 fully saturated rings. The third kappa shape index (κ3) is 4.03. The third-order valence-corrected chi connectivity index (χ3v) is 5.33. The molecule has 1 saturated heterocycles. The quantitative estimate of drug-likeness (QED) is 0.883. The monoisotopic (exact) mass is 283 g/mol. The highest BCUT2D eigenvalue weighted by atomic mass is 32.2. The SMILES string of the molecule is Cc1ccc(S(=O)(=O)CCCN2CC[C@@H](O)C2)cc1. The van der Waals surface area contributed by atoms with Gasteiger partial charge < -0.3 is 10.0 Å². The molecule has 0 aromatic heterocycles. The van der Waals surface area contributed by atoms with Gasteiger partial charge in [0.25, 0.3) is 0 Å². The van der Waals surface area contributed by atoms with Crippen LogP contribution in [0.4, 0.5) is 0 Å². The highest BCUT2D eigenvalue weighted by Crippen LogP contribution is 2.14. The zero-order chi connectivity index (χ0) is 13.9. The number of likely N-dealkylation sites (tertiary alicyclic amines) is 1. The van der Waals surface area contributed by atoms with Gasteiger partial charge in [0.15, 0.2) is 9.84 Å². The zero-order valence-corrected chi connectivity index (χ0v) is 12.1. The third-order valence-electron chi connectivity index (χ3n) is 3.52. The van der Waals surface area contributed by atoms with Crippen LogP contribution in [-0.4, -0.2) is 49.9 Å². The largest absolute Gasteiger partial charge is 0.392 e. The van der Waals surface area contributed by atoms with E-state index in [2.05, 4.69) is 4.90 Å². The average molecular weight is 283 g/mol. The van der Waals surface area contributed by atoms with Crippen LogP contribution < -0.4 is 0 Å². The van der Waals surface area contributed by atoms with Crippen LogP contribution in [0.25, 0.3) is 0 Å². The Morgan fingerprint density at radius 2 is 2.00 bits per heavy atom. The fourth-order valence-electron chi connectivity index (χ4n) is 2.36. The van der Waals surface area contributed by atoms with Crippen molar-refractivity contribution >= 4 is 9.84 Å². The Morgan fingerprint density at radius 1 is 1.32 bits per heavy atom. The van der Waals surface area contributed by atoms with Crippen molar-refractivity contribution in [3.63, 3.8) is 0 Å². The lowest BCUT2D eigenvalue weighted by atomic mass is 10.2. The van der Waals surface area contributed by atoms with Crippen molar-refractivity contribution in [1.29, 1.82) is 0 Å². The molecule has 4 nitrogen and oxygen atoms in total. The molecule has 1 aromatic carbocycles. The molecule has 0 amide bonds. The molecule has 1 atom stereocenters. The van der Waals surface area contributed by atoms with Crippen LogP contribution in [0, 0.1) is 6.92 Å². The first-order valence-corrected chi connectivity index (χ1v) is 8.32. The number of sulfone groups is 1. The van der Waals surface area contributed by atoms with Gasteiger partial charge in [-0.25, -0.2) is 8.42 Å². The van der Waals surface area contributed by atoms with E-state index < -0.39 is 9.84 Å². The summed E-state index contributed by atoms with van der Waals surface area (Å²) in [6, 6.07) is 6.99. The van der Waals surface area contributed by atoms with Crippen molar-refractivity contribution in [2.24, 2.45) is 0 Å². The molecule has 5 heteroatoms. The van der Waals surface area contributed by atoms with Gasteiger partial charge in [0, 0.05) is 13.1 Å². The van der Waals surface area contributed by atoms with Gasteiger partial charge in [-0.1, -0.05) is 17.7 Å². The summed E-state index contributed by atoms with van der Waals surface area (Å²) < 4.78 is 24.2. The Kier molecular flexibility index (Phi) is 4.60. The molecule has 0 saturated carbocycles. The standard InChI is InChI=1S/C14H21NO3S/c1-12-3-5-14(6-4-12)19(17,18)10-2-8-15-9-7-13(16)11-15/h3-6,13,16H,2,7-11H2,1H3/t13-/m1/s1. The minimum atomic E-state index is -3.17. The summed E-state index contributed by atoms with van der Waals surface area (Å²) in [5.41, 5.74) is 1.06. The number of nitrogens with zero attached hydrogens (tertiary/aromatic N) is 1. The van der Waals surface area contributed by atoms with Crippen LogP contribution in [0.2, 0.25) is 0 Å². The minimum absolute atomic E-state index is 0.169. The molecular weight excluding hydrogens is 262 g/mol. The van der Waals surface area contributed by atoms with E-state index in [1.165, 1.54) is 0 Å². The lowest BCUT2D eigenvalue weighted by molar-refractivity contribution is 0.176. The van der Waals surface area contributed by atoms with Gasteiger partial charge in [-0.05, 0) is 38.4 Å². The predicted octanol–water partition coefficient (Wildman–Crippen LogP) is 1.23. The van der Waals surface area contributed by atoms with E-state index in [1.54, 1.807) is 12.1 Å². The molecule has 106 valence electrons. The van der Waals surface area contributed by atoms with Gasteiger partial charge in [0.05, 0.1) is 16.8 Å². The summed E-state index contributed by atoms with van der Waals surface area (Å²) in [6.45, 7) is 4.22. The maximum absolute atomic E-state index is 12.1. The highest BCUT2D eigenvalue weighted by Gasteiger charge is 2.20. The second-order valence-corrected chi connectivity index (χ2v) is 7.34.